The van der Waals surface area contributed by atoms with Gasteiger partial charge in [0.2, 0.25) is 10.0 Å². The largest absolute Gasteiger partial charge is 0.480 e. The average molecular weight is 298 g/mol. The summed E-state index contributed by atoms with van der Waals surface area (Å²) in [6, 6.07) is 4.61. The minimum Gasteiger partial charge on any atom is -0.480 e. The molecule has 7 nitrogen and oxygen atoms in total. The Morgan fingerprint density at radius 1 is 1.55 bits per heavy atom. The first kappa shape index (κ1) is 16.1. The summed E-state index contributed by atoms with van der Waals surface area (Å²) in [4.78, 5) is 10.8. The van der Waals surface area contributed by atoms with Gasteiger partial charge in [0.25, 0.3) is 0 Å². The Bertz CT molecular complexity index is 648. The molecule has 0 saturated heterocycles. The number of methoxy groups -OCH3 is 1. The van der Waals surface area contributed by atoms with Gasteiger partial charge < -0.3 is 9.84 Å². The maximum Gasteiger partial charge on any atom is 0.324 e. The molecular formula is C12H14N2O5S. The molecule has 1 rings (SSSR count). The molecule has 108 valence electrons. The molecule has 8 heteroatoms. The summed E-state index contributed by atoms with van der Waals surface area (Å²) in [5.74, 6) is -1.34. The third-order valence-corrected chi connectivity index (χ3v) is 4.15. The highest BCUT2D eigenvalue weighted by atomic mass is 32.2. The lowest BCUT2D eigenvalue weighted by Crippen LogP contribution is -2.43. The SMILES string of the molecule is COCC(NS(=O)(=O)c1cc(C#N)ccc1C)C(=O)O. The van der Waals surface area contributed by atoms with Crippen molar-refractivity contribution in [1.82, 2.24) is 4.72 Å². The van der Waals surface area contributed by atoms with Crippen molar-refractivity contribution in [3.05, 3.63) is 29.3 Å². The van der Waals surface area contributed by atoms with Gasteiger partial charge in [-0.3, -0.25) is 4.79 Å². The Kier molecular flexibility index (Phi) is 5.21. The van der Waals surface area contributed by atoms with Crippen molar-refractivity contribution in [3.63, 3.8) is 0 Å². The second-order valence-corrected chi connectivity index (χ2v) is 5.74. The molecule has 0 radical (unpaired) electrons. The normalized spacial score (nSPS) is 12.7. The van der Waals surface area contributed by atoms with E-state index in [9.17, 15) is 13.2 Å². The summed E-state index contributed by atoms with van der Waals surface area (Å²) in [5, 5.41) is 17.7. The van der Waals surface area contributed by atoms with Crippen LogP contribution < -0.4 is 4.72 Å². The van der Waals surface area contributed by atoms with Gasteiger partial charge in [0.05, 0.1) is 23.1 Å². The Hall–Kier alpha value is -1.95. The van der Waals surface area contributed by atoms with E-state index in [1.807, 2.05) is 10.8 Å². The first-order valence-corrected chi connectivity index (χ1v) is 7.05. The van der Waals surface area contributed by atoms with Crippen molar-refractivity contribution in [3.8, 4) is 6.07 Å². The number of hydrogen-bond donors (Lipinski definition) is 2. The number of carboxylic acid groups (broad SMARTS) is 1. The maximum absolute atomic E-state index is 12.2. The zero-order valence-corrected chi connectivity index (χ0v) is 11.8. The number of nitrogens with one attached hydrogen (secondary N) is 1. The Labute approximate surface area is 116 Å². The van der Waals surface area contributed by atoms with Gasteiger partial charge in [-0.25, -0.2) is 8.42 Å². The number of carboxylic acids is 1. The van der Waals surface area contributed by atoms with Gasteiger partial charge in [-0.1, -0.05) is 6.07 Å². The number of benzene rings is 1. The van der Waals surface area contributed by atoms with Crippen LogP contribution >= 0.6 is 0 Å². The molecule has 1 aromatic carbocycles. The molecule has 0 aliphatic rings. The molecule has 0 aliphatic heterocycles. The van der Waals surface area contributed by atoms with Gasteiger partial charge in [0.1, 0.15) is 6.04 Å². The van der Waals surface area contributed by atoms with E-state index in [2.05, 4.69) is 4.74 Å². The second kappa shape index (κ2) is 6.47. The number of rotatable bonds is 6. The highest BCUT2D eigenvalue weighted by molar-refractivity contribution is 7.89. The first-order valence-electron chi connectivity index (χ1n) is 5.56. The lowest BCUT2D eigenvalue weighted by molar-refractivity contribution is -0.140. The summed E-state index contributed by atoms with van der Waals surface area (Å²) < 4.78 is 31.0. The molecule has 0 bridgehead atoms. The molecule has 0 aliphatic carbocycles. The zero-order valence-electron chi connectivity index (χ0n) is 11.0. The molecule has 1 aromatic rings. The van der Waals surface area contributed by atoms with E-state index in [0.29, 0.717) is 5.56 Å². The second-order valence-electron chi connectivity index (χ2n) is 4.06. The van der Waals surface area contributed by atoms with Crippen LogP contribution in [0.2, 0.25) is 0 Å². The van der Waals surface area contributed by atoms with Gasteiger partial charge in [0, 0.05) is 7.11 Å². The van der Waals surface area contributed by atoms with Crippen LogP contribution in [0.15, 0.2) is 23.1 Å². The van der Waals surface area contributed by atoms with E-state index in [-0.39, 0.29) is 17.1 Å². The first-order chi connectivity index (χ1) is 9.31. The number of ether oxygens (including phenoxy) is 1. The standard InChI is InChI=1S/C12H14N2O5S/c1-8-3-4-9(6-13)5-11(8)20(17,18)14-10(7-19-2)12(15)16/h3-5,10,14H,7H2,1-2H3,(H,15,16). The molecule has 0 heterocycles. The summed E-state index contributed by atoms with van der Waals surface area (Å²) in [7, 11) is -2.78. The Morgan fingerprint density at radius 2 is 2.20 bits per heavy atom. The van der Waals surface area contributed by atoms with Crippen LogP contribution in [0.4, 0.5) is 0 Å². The van der Waals surface area contributed by atoms with E-state index in [0.717, 1.165) is 0 Å². The predicted octanol–water partition coefficient (Wildman–Crippen LogP) is 0.245. The maximum atomic E-state index is 12.2. The van der Waals surface area contributed by atoms with Crippen LogP contribution in [-0.2, 0) is 19.6 Å². The lowest BCUT2D eigenvalue weighted by Gasteiger charge is -2.15. The third-order valence-electron chi connectivity index (χ3n) is 2.54. The van der Waals surface area contributed by atoms with E-state index >= 15 is 0 Å². The number of nitrogens with zero attached hydrogens (tertiary/aromatic N) is 1. The smallest absolute Gasteiger partial charge is 0.324 e. The third kappa shape index (κ3) is 3.77. The number of aryl methyl sites for hydroxylation is 1. The lowest BCUT2D eigenvalue weighted by atomic mass is 10.2. The van der Waals surface area contributed by atoms with E-state index < -0.39 is 22.0 Å². The zero-order chi connectivity index (χ0) is 15.3. The Morgan fingerprint density at radius 3 is 2.70 bits per heavy atom. The molecule has 0 fully saturated rings. The van der Waals surface area contributed by atoms with Crippen molar-refractivity contribution in [2.75, 3.05) is 13.7 Å². The quantitative estimate of drug-likeness (QED) is 0.777. The molecule has 2 N–H and O–H groups in total. The molecule has 0 saturated carbocycles. The minimum atomic E-state index is -4.05. The summed E-state index contributed by atoms with van der Waals surface area (Å²) in [6.07, 6.45) is 0. The van der Waals surface area contributed by atoms with E-state index in [4.69, 9.17) is 10.4 Å². The Balaban J connectivity index is 3.17. The number of hydrogen-bond acceptors (Lipinski definition) is 5. The van der Waals surface area contributed by atoms with Crippen LogP contribution in [0, 0.1) is 18.3 Å². The topological polar surface area (TPSA) is 116 Å². The van der Waals surface area contributed by atoms with Crippen molar-refractivity contribution in [1.29, 1.82) is 5.26 Å². The molecule has 20 heavy (non-hydrogen) atoms. The van der Waals surface area contributed by atoms with E-state index in [1.165, 1.54) is 25.3 Å². The van der Waals surface area contributed by atoms with Crippen molar-refractivity contribution >= 4 is 16.0 Å². The highest BCUT2D eigenvalue weighted by Gasteiger charge is 2.26. The average Bonchev–Trinajstić information content (AvgIpc) is 2.38. The number of aliphatic carboxylic acids is 1. The molecular weight excluding hydrogens is 284 g/mol. The molecule has 0 amide bonds. The summed E-state index contributed by atoms with van der Waals surface area (Å²) >= 11 is 0. The fourth-order valence-corrected chi connectivity index (χ4v) is 2.98. The van der Waals surface area contributed by atoms with Crippen LogP contribution in [0.1, 0.15) is 11.1 Å². The van der Waals surface area contributed by atoms with Gasteiger partial charge >= 0.3 is 5.97 Å². The van der Waals surface area contributed by atoms with Crippen molar-refractivity contribution < 1.29 is 23.1 Å². The predicted molar refractivity (Wildman–Crippen MR) is 69.5 cm³/mol. The minimum absolute atomic E-state index is 0.126. The van der Waals surface area contributed by atoms with Gasteiger partial charge in [-0.15, -0.1) is 0 Å². The number of nitriles is 1. The van der Waals surface area contributed by atoms with Crippen LogP contribution in [-0.4, -0.2) is 39.3 Å². The molecule has 1 atom stereocenters. The van der Waals surface area contributed by atoms with Gasteiger partial charge in [0.15, 0.2) is 0 Å². The number of sulfonamides is 1. The van der Waals surface area contributed by atoms with Crippen LogP contribution in [0.3, 0.4) is 0 Å². The van der Waals surface area contributed by atoms with Gasteiger partial charge in [-0.05, 0) is 24.6 Å². The van der Waals surface area contributed by atoms with Crippen LogP contribution in [0.25, 0.3) is 0 Å². The van der Waals surface area contributed by atoms with Crippen molar-refractivity contribution in [2.24, 2.45) is 0 Å². The summed E-state index contributed by atoms with van der Waals surface area (Å²) in [5.41, 5.74) is 0.590. The molecule has 0 spiro atoms. The fraction of sp³-hybridized carbons (Fsp3) is 0.333. The summed E-state index contributed by atoms with van der Waals surface area (Å²) in [6.45, 7) is 1.26. The fourth-order valence-electron chi connectivity index (χ4n) is 1.53. The molecule has 1 unspecified atom stereocenters. The van der Waals surface area contributed by atoms with E-state index in [1.54, 1.807) is 6.92 Å². The number of carbonyl (C=O) groups is 1. The molecule has 0 aromatic heterocycles. The van der Waals surface area contributed by atoms with Crippen LogP contribution in [0.5, 0.6) is 0 Å². The highest BCUT2D eigenvalue weighted by Crippen LogP contribution is 2.17. The monoisotopic (exact) mass is 298 g/mol. The van der Waals surface area contributed by atoms with Gasteiger partial charge in [-0.2, -0.15) is 9.98 Å². The van der Waals surface area contributed by atoms with Crippen molar-refractivity contribution in [2.45, 2.75) is 17.9 Å².